The molecule has 13 rings (SSSR count). The van der Waals surface area contributed by atoms with E-state index < -0.39 is 128 Å². The van der Waals surface area contributed by atoms with Gasteiger partial charge in [0.2, 0.25) is 0 Å². The lowest BCUT2D eigenvalue weighted by Crippen LogP contribution is -2.66. The Balaban J connectivity index is 0.925. The molecular formula is C89H86O19S. The number of hydrogen-bond donors (Lipinski definition) is 0. The predicted molar refractivity (Wildman–Crippen MR) is 405 cm³/mol. The highest BCUT2D eigenvalue weighted by Crippen LogP contribution is 2.40. The van der Waals surface area contributed by atoms with Crippen molar-refractivity contribution in [3.63, 3.8) is 0 Å². The van der Waals surface area contributed by atoms with E-state index in [1.807, 2.05) is 188 Å². The summed E-state index contributed by atoms with van der Waals surface area (Å²) in [5.74, 6) is -3.40. The van der Waals surface area contributed by atoms with Crippen LogP contribution in [0.25, 0.3) is 0 Å². The number of rotatable bonds is 34. The van der Waals surface area contributed by atoms with Crippen LogP contribution in [-0.2, 0) is 111 Å². The molecule has 0 N–H and O–H groups in total. The average molecular weight is 1490 g/mol. The largest absolute Gasteiger partial charge is 0.459 e. The number of esters is 4. The summed E-state index contributed by atoms with van der Waals surface area (Å²) in [4.78, 5) is 58.4. The first-order chi connectivity index (χ1) is 53.7. The van der Waals surface area contributed by atoms with Gasteiger partial charge in [0.15, 0.2) is 30.9 Å². The standard InChI is InChI=1S/C89H86O19S/c1-109-89-82(78(98-56-65-40-20-6-21-41-65)74(95-53-62-34-14-3-15-35-62)71(104-89)58-94-52-61-32-12-2-13-33-61)108-88-80(99-57-66-42-22-7-23-43-66)77(97-55-64-38-18-5-19-39-64)75(96-54-63-36-16-4-17-37-63)72(103-88)60-101-87-81(107-86(93)70-50-30-11-31-51-70)79(106-85(92)69-48-28-10-29-49-69)76(105-84(91)68-46-26-9-27-47-68)73(102-87)59-100-83(90)67-44-24-8-25-45-67/h2-51,71-82,87-89H,52-60H2,1H3/t71?,72?,73?,74-,75-,76+,77+,78-,79+,80?,81?,82?,87-,88-,89-/m1/s1. The van der Waals surface area contributed by atoms with Crippen molar-refractivity contribution in [2.75, 3.05) is 26.1 Å². The molecule has 15 atom stereocenters. The number of carbonyl (C=O) groups excluding carboxylic acids is 4. The maximum absolute atomic E-state index is 14.9. The molecule has 0 aliphatic carbocycles. The lowest BCUT2D eigenvalue weighted by molar-refractivity contribution is -0.364. The predicted octanol–water partition coefficient (Wildman–Crippen LogP) is 14.6. The first kappa shape index (κ1) is 77.2. The van der Waals surface area contributed by atoms with Crippen molar-refractivity contribution in [3.05, 3.63) is 359 Å². The van der Waals surface area contributed by atoms with Gasteiger partial charge < -0.3 is 71.1 Å². The van der Waals surface area contributed by atoms with Crippen LogP contribution in [0.3, 0.4) is 0 Å². The molecule has 10 aromatic rings. The van der Waals surface area contributed by atoms with E-state index >= 15 is 0 Å². The fraction of sp³-hybridized carbons (Fsp3) is 0.281. The van der Waals surface area contributed by atoms with Crippen LogP contribution in [0.15, 0.2) is 303 Å². The van der Waals surface area contributed by atoms with Crippen LogP contribution in [0.1, 0.15) is 74.8 Å². The van der Waals surface area contributed by atoms with Crippen LogP contribution in [0.5, 0.6) is 0 Å². The first-order valence-corrected chi connectivity index (χ1v) is 37.6. The first-order valence-electron chi connectivity index (χ1n) is 36.3. The van der Waals surface area contributed by atoms with Crippen LogP contribution >= 0.6 is 11.8 Å². The summed E-state index contributed by atoms with van der Waals surface area (Å²) in [6.45, 7) is -0.242. The van der Waals surface area contributed by atoms with Gasteiger partial charge in [0.25, 0.3) is 0 Å². The molecule has 3 aliphatic rings. The van der Waals surface area contributed by atoms with E-state index in [1.165, 1.54) is 11.8 Å². The second-order valence-corrected chi connectivity index (χ2v) is 27.2. The SMILES string of the molecule is CS[C@H]1OC(COCc2ccccc2)[C@@H](OCc2ccccc2)[C@@H](OCc2ccccc2)C1O[C@H]1OC(CO[C@@H]2OC(COC(=O)c3ccccc3)[C@H](OC(=O)c3ccccc3)[C@H](OC(=O)c3ccccc3)C2OC(=O)c2ccccc2)[C@@H](OCc2ccccc2)[C@H](OCc2ccccc2)C1OCc1ccccc1. The van der Waals surface area contributed by atoms with E-state index in [4.69, 9.17) is 71.1 Å². The van der Waals surface area contributed by atoms with Crippen LogP contribution in [0, 0.1) is 0 Å². The molecule has 0 radical (unpaired) electrons. The highest BCUT2D eigenvalue weighted by Gasteiger charge is 2.57. The van der Waals surface area contributed by atoms with Crippen molar-refractivity contribution >= 4 is 35.6 Å². The Labute approximate surface area is 638 Å². The molecule has 0 amide bonds. The van der Waals surface area contributed by atoms with Crippen LogP contribution < -0.4 is 0 Å². The molecule has 10 aromatic carbocycles. The number of carbonyl (C=O) groups is 4. The maximum Gasteiger partial charge on any atom is 0.338 e. The van der Waals surface area contributed by atoms with E-state index in [2.05, 4.69) is 0 Å². The molecule has 20 heteroatoms. The smallest absolute Gasteiger partial charge is 0.338 e. The van der Waals surface area contributed by atoms with Crippen LogP contribution in [0.2, 0.25) is 0 Å². The number of hydrogen-bond acceptors (Lipinski definition) is 20. The Morgan fingerprint density at radius 3 is 0.972 bits per heavy atom. The minimum absolute atomic E-state index is 0.0279. The van der Waals surface area contributed by atoms with E-state index in [0.29, 0.717) is 6.61 Å². The van der Waals surface area contributed by atoms with Gasteiger partial charge in [-0.15, -0.1) is 11.8 Å². The lowest BCUT2D eigenvalue weighted by atomic mass is 9.96. The minimum atomic E-state index is -1.77. The summed E-state index contributed by atoms with van der Waals surface area (Å²) in [5, 5.41) is 0. The third-order valence-corrected chi connectivity index (χ3v) is 19.5. The molecule has 0 aromatic heterocycles. The zero-order valence-electron chi connectivity index (χ0n) is 60.1. The molecule has 3 saturated heterocycles. The summed E-state index contributed by atoms with van der Waals surface area (Å²) in [6, 6.07) is 91.3. The van der Waals surface area contributed by atoms with Gasteiger partial charge in [-0.2, -0.15) is 0 Å². The van der Waals surface area contributed by atoms with Gasteiger partial charge in [-0.3, -0.25) is 0 Å². The monoisotopic (exact) mass is 1490 g/mol. The van der Waals surface area contributed by atoms with Gasteiger partial charge in [0.05, 0.1) is 75.1 Å². The van der Waals surface area contributed by atoms with Gasteiger partial charge in [0, 0.05) is 0 Å². The maximum atomic E-state index is 14.9. The molecule has 3 fully saturated rings. The Kier molecular flexibility index (Phi) is 28.2. The number of benzene rings is 10. The Morgan fingerprint density at radius 1 is 0.275 bits per heavy atom. The molecule has 0 saturated carbocycles. The normalized spacial score (nSPS) is 23.9. The van der Waals surface area contributed by atoms with E-state index in [1.54, 1.807) is 121 Å². The second kappa shape index (κ2) is 39.9. The van der Waals surface area contributed by atoms with Crippen molar-refractivity contribution in [2.45, 2.75) is 131 Å². The summed E-state index contributed by atoms with van der Waals surface area (Å²) in [6.07, 6.45) is -16.0. The highest BCUT2D eigenvalue weighted by molar-refractivity contribution is 7.99. The van der Waals surface area contributed by atoms with E-state index in [0.717, 1.165) is 33.4 Å². The molecule has 19 nitrogen and oxygen atoms in total. The Hall–Kier alpha value is -10.0. The summed E-state index contributed by atoms with van der Waals surface area (Å²) in [7, 11) is 0. The van der Waals surface area contributed by atoms with Gasteiger partial charge in [0.1, 0.15) is 67.0 Å². The molecular weight excluding hydrogens is 1410 g/mol. The van der Waals surface area contributed by atoms with E-state index in [-0.39, 0.29) is 61.9 Å². The third-order valence-electron chi connectivity index (χ3n) is 18.7. The summed E-state index contributed by atoms with van der Waals surface area (Å²) < 4.78 is 105. The van der Waals surface area contributed by atoms with Crippen LogP contribution in [0.4, 0.5) is 0 Å². The Bertz CT molecular complexity index is 4360. The van der Waals surface area contributed by atoms with Crippen molar-refractivity contribution < 1.29 is 90.2 Å². The zero-order chi connectivity index (χ0) is 74.8. The number of ether oxygens (including phenoxy) is 15. The lowest BCUT2D eigenvalue weighted by Gasteiger charge is -2.50. The Morgan fingerprint density at radius 2 is 0.578 bits per heavy atom. The van der Waals surface area contributed by atoms with Crippen molar-refractivity contribution in [1.82, 2.24) is 0 Å². The summed E-state index contributed by atoms with van der Waals surface area (Å²) >= 11 is 1.42. The molecule has 3 aliphatic heterocycles. The van der Waals surface area contributed by atoms with Gasteiger partial charge in [-0.25, -0.2) is 19.2 Å². The zero-order valence-corrected chi connectivity index (χ0v) is 60.9. The molecule has 6 unspecified atom stereocenters. The summed E-state index contributed by atoms with van der Waals surface area (Å²) in [5.41, 5.74) is 5.00. The van der Waals surface area contributed by atoms with Crippen molar-refractivity contribution in [3.8, 4) is 0 Å². The van der Waals surface area contributed by atoms with Crippen LogP contribution in [-0.4, -0.2) is 141 Å². The van der Waals surface area contributed by atoms with Gasteiger partial charge in [-0.05, 0) is 88.2 Å². The van der Waals surface area contributed by atoms with E-state index in [9.17, 15) is 19.2 Å². The van der Waals surface area contributed by atoms with Crippen molar-refractivity contribution in [1.29, 1.82) is 0 Å². The average Bonchev–Trinajstić information content (AvgIpc) is 0.771. The highest BCUT2D eigenvalue weighted by atomic mass is 32.2. The van der Waals surface area contributed by atoms with Crippen molar-refractivity contribution in [2.24, 2.45) is 0 Å². The number of thioether (sulfide) groups is 1. The third kappa shape index (κ3) is 21.5. The van der Waals surface area contributed by atoms with Gasteiger partial charge >= 0.3 is 23.9 Å². The second-order valence-electron chi connectivity index (χ2n) is 26.3. The fourth-order valence-corrected chi connectivity index (χ4v) is 13.9. The molecule has 0 spiro atoms. The molecule has 109 heavy (non-hydrogen) atoms. The minimum Gasteiger partial charge on any atom is -0.459 e. The molecule has 3 heterocycles. The topological polar surface area (TPSA) is 207 Å². The van der Waals surface area contributed by atoms with Gasteiger partial charge in [-0.1, -0.05) is 255 Å². The molecule has 562 valence electrons. The molecule has 0 bridgehead atoms. The quantitative estimate of drug-likeness (QED) is 0.0271. The fourth-order valence-electron chi connectivity index (χ4n) is 13.1.